The van der Waals surface area contributed by atoms with E-state index in [-0.39, 0.29) is 0 Å². The van der Waals surface area contributed by atoms with Crippen molar-refractivity contribution in [3.63, 3.8) is 0 Å². The van der Waals surface area contributed by atoms with E-state index in [9.17, 15) is 0 Å². The van der Waals surface area contributed by atoms with Gasteiger partial charge in [0, 0.05) is 25.5 Å². The van der Waals surface area contributed by atoms with E-state index in [1.807, 2.05) is 12.3 Å². The lowest BCUT2D eigenvalue weighted by Gasteiger charge is -2.09. The molecule has 3 nitrogen and oxygen atoms in total. The summed E-state index contributed by atoms with van der Waals surface area (Å²) >= 11 is 0. The highest BCUT2D eigenvalue weighted by molar-refractivity contribution is 5.27. The van der Waals surface area contributed by atoms with Gasteiger partial charge in [-0.1, -0.05) is 33.8 Å². The first-order valence-electron chi connectivity index (χ1n) is 6.27. The fourth-order valence-corrected chi connectivity index (χ4v) is 2.77. The maximum Gasteiger partial charge on any atom is 0.203 e. The molecule has 0 unspecified atom stereocenters. The van der Waals surface area contributed by atoms with E-state index in [0.29, 0.717) is 16.7 Å². The predicted octanol–water partition coefficient (Wildman–Crippen LogP) is 3.16. The molecule has 1 aliphatic carbocycles. The maximum absolute atomic E-state index is 4.33. The van der Waals surface area contributed by atoms with Crippen LogP contribution in [0, 0.1) is 16.7 Å². The molecule has 0 spiro atoms. The number of imidazole rings is 1. The molecule has 1 N–H and O–H groups in total. The van der Waals surface area contributed by atoms with Crippen LogP contribution in [0.15, 0.2) is 25.0 Å². The SMILES string of the molecule is C=CCNc1nccn1CC1C(C)(C)C1(C)C. The zero-order chi connectivity index (χ0) is 12.7. The van der Waals surface area contributed by atoms with E-state index in [0.717, 1.165) is 19.0 Å². The van der Waals surface area contributed by atoms with E-state index in [1.54, 1.807) is 0 Å². The Morgan fingerprint density at radius 1 is 1.41 bits per heavy atom. The third-order valence-electron chi connectivity index (χ3n) is 4.82. The smallest absolute Gasteiger partial charge is 0.203 e. The van der Waals surface area contributed by atoms with Gasteiger partial charge in [0.05, 0.1) is 0 Å². The number of anilines is 1. The van der Waals surface area contributed by atoms with Gasteiger partial charge >= 0.3 is 0 Å². The van der Waals surface area contributed by atoms with Crippen molar-refractivity contribution in [1.29, 1.82) is 0 Å². The van der Waals surface area contributed by atoms with E-state index in [4.69, 9.17) is 0 Å². The first kappa shape index (κ1) is 12.2. The predicted molar refractivity (Wildman–Crippen MR) is 72.0 cm³/mol. The van der Waals surface area contributed by atoms with Crippen LogP contribution in [0.2, 0.25) is 0 Å². The summed E-state index contributed by atoms with van der Waals surface area (Å²) in [6.45, 7) is 14.9. The van der Waals surface area contributed by atoms with Crippen LogP contribution in [0.3, 0.4) is 0 Å². The Morgan fingerprint density at radius 2 is 2.06 bits per heavy atom. The third-order valence-corrected chi connectivity index (χ3v) is 4.82. The lowest BCUT2D eigenvalue weighted by molar-refractivity contribution is 0.457. The molecule has 17 heavy (non-hydrogen) atoms. The maximum atomic E-state index is 4.33. The summed E-state index contributed by atoms with van der Waals surface area (Å²) in [5, 5.41) is 3.26. The van der Waals surface area contributed by atoms with Gasteiger partial charge in [-0.05, 0) is 16.7 Å². The van der Waals surface area contributed by atoms with Crippen molar-refractivity contribution in [2.24, 2.45) is 16.7 Å². The summed E-state index contributed by atoms with van der Waals surface area (Å²) in [4.78, 5) is 4.33. The molecule has 1 aromatic rings. The van der Waals surface area contributed by atoms with Crippen molar-refractivity contribution in [3.8, 4) is 0 Å². The van der Waals surface area contributed by atoms with Gasteiger partial charge in [0.15, 0.2) is 0 Å². The second-order valence-electron chi connectivity index (χ2n) is 6.07. The fraction of sp³-hybridized carbons (Fsp3) is 0.643. The van der Waals surface area contributed by atoms with E-state index < -0.39 is 0 Å². The molecule has 1 aromatic heterocycles. The summed E-state index contributed by atoms with van der Waals surface area (Å²) in [6, 6.07) is 0. The Hall–Kier alpha value is -1.25. The minimum atomic E-state index is 0.424. The number of nitrogens with zero attached hydrogens (tertiary/aromatic N) is 2. The Morgan fingerprint density at radius 3 is 2.59 bits per heavy atom. The molecule has 1 heterocycles. The normalized spacial score (nSPS) is 21.2. The average Bonchev–Trinajstić information content (AvgIpc) is 2.63. The topological polar surface area (TPSA) is 29.9 Å². The minimum absolute atomic E-state index is 0.424. The molecular formula is C14H23N3. The summed E-state index contributed by atoms with van der Waals surface area (Å²) in [5.41, 5.74) is 0.847. The Labute approximate surface area is 104 Å². The van der Waals surface area contributed by atoms with Crippen LogP contribution in [0.1, 0.15) is 27.7 Å². The number of nitrogens with one attached hydrogen (secondary N) is 1. The largest absolute Gasteiger partial charge is 0.352 e. The van der Waals surface area contributed by atoms with Gasteiger partial charge in [0.25, 0.3) is 0 Å². The molecule has 0 bridgehead atoms. The molecular weight excluding hydrogens is 210 g/mol. The van der Waals surface area contributed by atoms with Gasteiger partial charge in [-0.15, -0.1) is 6.58 Å². The molecule has 1 aliphatic rings. The first-order valence-corrected chi connectivity index (χ1v) is 6.27. The van der Waals surface area contributed by atoms with Crippen molar-refractivity contribution in [2.45, 2.75) is 34.2 Å². The zero-order valence-corrected chi connectivity index (χ0v) is 11.3. The van der Waals surface area contributed by atoms with Gasteiger partial charge in [-0.3, -0.25) is 0 Å². The zero-order valence-electron chi connectivity index (χ0n) is 11.3. The molecule has 3 heteroatoms. The van der Waals surface area contributed by atoms with Crippen LogP contribution >= 0.6 is 0 Å². The minimum Gasteiger partial charge on any atom is -0.352 e. The van der Waals surface area contributed by atoms with E-state index in [2.05, 4.69) is 55.3 Å². The van der Waals surface area contributed by atoms with Gasteiger partial charge in [0.2, 0.25) is 5.95 Å². The monoisotopic (exact) mass is 233 g/mol. The average molecular weight is 233 g/mol. The van der Waals surface area contributed by atoms with Gasteiger partial charge < -0.3 is 9.88 Å². The second kappa shape index (κ2) is 3.90. The first-order chi connectivity index (χ1) is 7.91. The summed E-state index contributed by atoms with van der Waals surface area (Å²) in [5.74, 6) is 1.66. The molecule has 0 saturated heterocycles. The van der Waals surface area contributed by atoms with Crippen molar-refractivity contribution >= 4 is 5.95 Å². The Kier molecular flexibility index (Phi) is 2.80. The molecule has 0 radical (unpaired) electrons. The molecule has 1 fully saturated rings. The summed E-state index contributed by atoms with van der Waals surface area (Å²) in [6.07, 6.45) is 5.76. The molecule has 0 atom stereocenters. The summed E-state index contributed by atoms with van der Waals surface area (Å²) in [7, 11) is 0. The molecule has 1 saturated carbocycles. The number of hydrogen-bond acceptors (Lipinski definition) is 2. The molecule has 0 aromatic carbocycles. The lowest BCUT2D eigenvalue weighted by atomic mass is 10.0. The van der Waals surface area contributed by atoms with Crippen molar-refractivity contribution in [1.82, 2.24) is 9.55 Å². The third kappa shape index (κ3) is 1.88. The van der Waals surface area contributed by atoms with Crippen LogP contribution in [0.25, 0.3) is 0 Å². The van der Waals surface area contributed by atoms with Crippen LogP contribution < -0.4 is 5.32 Å². The number of rotatable bonds is 5. The Balaban J connectivity index is 2.06. The van der Waals surface area contributed by atoms with Gasteiger partial charge in [-0.25, -0.2) is 4.98 Å². The van der Waals surface area contributed by atoms with Crippen LogP contribution in [-0.4, -0.2) is 16.1 Å². The van der Waals surface area contributed by atoms with Crippen molar-refractivity contribution in [2.75, 3.05) is 11.9 Å². The Bertz CT molecular complexity index is 401. The summed E-state index contributed by atoms with van der Waals surface area (Å²) < 4.78 is 2.21. The van der Waals surface area contributed by atoms with Gasteiger partial charge in [0.1, 0.15) is 0 Å². The highest BCUT2D eigenvalue weighted by Gasteiger charge is 2.64. The van der Waals surface area contributed by atoms with Gasteiger partial charge in [-0.2, -0.15) is 0 Å². The van der Waals surface area contributed by atoms with Crippen LogP contribution in [0.5, 0.6) is 0 Å². The molecule has 0 amide bonds. The van der Waals surface area contributed by atoms with Crippen molar-refractivity contribution < 1.29 is 0 Å². The standard InChI is InChI=1S/C14H23N3/c1-6-7-15-12-16-8-9-17(12)10-11-13(2,3)14(11,4)5/h6,8-9,11H,1,7,10H2,2-5H3,(H,15,16). The number of aromatic nitrogens is 2. The highest BCUT2D eigenvalue weighted by Crippen LogP contribution is 2.68. The molecule has 94 valence electrons. The molecule has 0 aliphatic heterocycles. The lowest BCUT2D eigenvalue weighted by Crippen LogP contribution is -2.10. The number of hydrogen-bond donors (Lipinski definition) is 1. The quantitative estimate of drug-likeness (QED) is 0.792. The van der Waals surface area contributed by atoms with E-state index in [1.165, 1.54) is 0 Å². The van der Waals surface area contributed by atoms with Crippen LogP contribution in [-0.2, 0) is 6.54 Å². The van der Waals surface area contributed by atoms with E-state index >= 15 is 0 Å². The van der Waals surface area contributed by atoms with Crippen LogP contribution in [0.4, 0.5) is 5.95 Å². The van der Waals surface area contributed by atoms with Crippen molar-refractivity contribution in [3.05, 3.63) is 25.0 Å². The fourth-order valence-electron chi connectivity index (χ4n) is 2.77. The highest BCUT2D eigenvalue weighted by atomic mass is 15.2. The second-order valence-corrected chi connectivity index (χ2v) is 6.07. The molecule has 2 rings (SSSR count).